The summed E-state index contributed by atoms with van der Waals surface area (Å²) in [6.45, 7) is 0. The molecule has 0 aliphatic heterocycles. The van der Waals surface area contributed by atoms with Crippen molar-refractivity contribution in [2.75, 3.05) is 0 Å². The SMILES string of the molecule is Brc1ccccc1-c1cccc(-c2ccc3c(c2)c2ccccc2n3-c2cccc3sc4ccccc4c23)c1. The van der Waals surface area contributed by atoms with Crippen LogP contribution in [0.5, 0.6) is 0 Å². The predicted octanol–water partition coefficient (Wildman–Crippen LogP) is 11.2. The van der Waals surface area contributed by atoms with Crippen molar-refractivity contribution in [1.29, 1.82) is 0 Å². The van der Waals surface area contributed by atoms with Gasteiger partial charge in [0.25, 0.3) is 0 Å². The van der Waals surface area contributed by atoms with E-state index < -0.39 is 0 Å². The van der Waals surface area contributed by atoms with Crippen LogP contribution in [0, 0.1) is 0 Å². The Hall–Kier alpha value is -4.18. The molecule has 0 fully saturated rings. The van der Waals surface area contributed by atoms with Crippen molar-refractivity contribution in [3.8, 4) is 27.9 Å². The van der Waals surface area contributed by atoms with Gasteiger partial charge in [-0.3, -0.25) is 0 Å². The summed E-state index contributed by atoms with van der Waals surface area (Å²) in [5.74, 6) is 0. The lowest BCUT2D eigenvalue weighted by atomic mass is 9.98. The molecule has 2 heterocycles. The van der Waals surface area contributed by atoms with Gasteiger partial charge in [0.15, 0.2) is 0 Å². The second-order valence-corrected chi connectivity index (χ2v) is 11.8. The third-order valence-corrected chi connectivity index (χ3v) is 9.50. The maximum Gasteiger partial charge on any atom is 0.0555 e. The van der Waals surface area contributed by atoms with Gasteiger partial charge in [-0.2, -0.15) is 0 Å². The van der Waals surface area contributed by atoms with Crippen LogP contribution in [0.4, 0.5) is 0 Å². The van der Waals surface area contributed by atoms with Gasteiger partial charge in [-0.05, 0) is 70.8 Å². The molecule has 0 aliphatic rings. The van der Waals surface area contributed by atoms with Gasteiger partial charge in [-0.1, -0.05) is 101 Å². The third-order valence-electron chi connectivity index (χ3n) is 7.67. The fourth-order valence-electron chi connectivity index (χ4n) is 5.92. The van der Waals surface area contributed by atoms with E-state index in [0.717, 1.165) is 4.47 Å². The topological polar surface area (TPSA) is 4.93 Å². The van der Waals surface area contributed by atoms with Crippen molar-refractivity contribution in [3.05, 3.63) is 138 Å². The molecule has 1 nitrogen and oxygen atoms in total. The number of benzene rings is 6. The Morgan fingerprint density at radius 1 is 0.487 bits per heavy atom. The molecular formula is C36H22BrNS. The average Bonchev–Trinajstić information content (AvgIpc) is 3.53. The van der Waals surface area contributed by atoms with Gasteiger partial charge in [-0.25, -0.2) is 0 Å². The summed E-state index contributed by atoms with van der Waals surface area (Å²) in [6.07, 6.45) is 0. The van der Waals surface area contributed by atoms with E-state index in [1.807, 2.05) is 11.3 Å². The number of rotatable bonds is 3. The Bertz CT molecular complexity index is 2200. The van der Waals surface area contributed by atoms with Gasteiger partial charge in [0, 0.05) is 35.4 Å². The minimum atomic E-state index is 1.11. The van der Waals surface area contributed by atoms with E-state index in [1.165, 1.54) is 69.9 Å². The number of fused-ring (bicyclic) bond motifs is 6. The van der Waals surface area contributed by atoms with Crippen LogP contribution < -0.4 is 0 Å². The van der Waals surface area contributed by atoms with E-state index in [9.17, 15) is 0 Å². The third kappa shape index (κ3) is 3.58. The molecule has 0 saturated carbocycles. The Labute approximate surface area is 238 Å². The standard InChI is InChI=1S/C36H22BrNS/c37-30-14-4-1-11-26(30)25-10-7-9-23(21-25)24-19-20-32-29(22-24)27-12-2-5-15-31(27)38(32)33-16-8-18-35-36(33)28-13-3-6-17-34(28)39-35/h1-22H. The van der Waals surface area contributed by atoms with Gasteiger partial charge in [0.05, 0.1) is 16.7 Å². The molecule has 6 aromatic carbocycles. The summed E-state index contributed by atoms with van der Waals surface area (Å²) in [4.78, 5) is 0. The number of aromatic nitrogens is 1. The zero-order chi connectivity index (χ0) is 25.9. The lowest BCUT2D eigenvalue weighted by Crippen LogP contribution is -1.94. The molecule has 0 spiro atoms. The molecular weight excluding hydrogens is 558 g/mol. The average molecular weight is 581 g/mol. The molecule has 2 aromatic heterocycles. The van der Waals surface area contributed by atoms with Crippen LogP contribution in [0.1, 0.15) is 0 Å². The molecule has 3 heteroatoms. The molecule has 184 valence electrons. The quantitative estimate of drug-likeness (QED) is 0.196. The van der Waals surface area contributed by atoms with E-state index in [-0.39, 0.29) is 0 Å². The predicted molar refractivity (Wildman–Crippen MR) is 172 cm³/mol. The van der Waals surface area contributed by atoms with Crippen molar-refractivity contribution in [2.24, 2.45) is 0 Å². The van der Waals surface area contributed by atoms with Crippen molar-refractivity contribution < 1.29 is 0 Å². The highest BCUT2D eigenvalue weighted by molar-refractivity contribution is 9.10. The first-order valence-corrected chi connectivity index (χ1v) is 14.7. The van der Waals surface area contributed by atoms with Crippen LogP contribution >= 0.6 is 27.3 Å². The molecule has 0 unspecified atom stereocenters. The summed E-state index contributed by atoms with van der Waals surface area (Å²) >= 11 is 5.59. The summed E-state index contributed by atoms with van der Waals surface area (Å²) in [7, 11) is 0. The number of para-hydroxylation sites is 1. The summed E-state index contributed by atoms with van der Waals surface area (Å²) in [5.41, 5.74) is 8.54. The number of hydrogen-bond donors (Lipinski definition) is 0. The molecule has 0 N–H and O–H groups in total. The van der Waals surface area contributed by atoms with E-state index in [2.05, 4.69) is 154 Å². The molecule has 8 rings (SSSR count). The van der Waals surface area contributed by atoms with Crippen LogP contribution in [-0.4, -0.2) is 4.57 Å². The molecule has 0 aliphatic carbocycles. The second kappa shape index (κ2) is 8.94. The largest absolute Gasteiger partial charge is 0.309 e. The first-order valence-electron chi connectivity index (χ1n) is 13.1. The summed E-state index contributed by atoms with van der Waals surface area (Å²) in [6, 6.07) is 48.4. The van der Waals surface area contributed by atoms with E-state index >= 15 is 0 Å². The monoisotopic (exact) mass is 579 g/mol. The highest BCUT2D eigenvalue weighted by Crippen LogP contribution is 2.41. The van der Waals surface area contributed by atoms with Crippen molar-refractivity contribution in [2.45, 2.75) is 0 Å². The number of hydrogen-bond acceptors (Lipinski definition) is 1. The van der Waals surface area contributed by atoms with Crippen LogP contribution in [0.2, 0.25) is 0 Å². The lowest BCUT2D eigenvalue weighted by molar-refractivity contribution is 1.20. The molecule has 0 amide bonds. The van der Waals surface area contributed by atoms with Crippen molar-refractivity contribution in [3.63, 3.8) is 0 Å². The molecule has 0 radical (unpaired) electrons. The Balaban J connectivity index is 1.37. The molecule has 0 atom stereocenters. The first-order chi connectivity index (χ1) is 19.3. The maximum atomic E-state index is 3.73. The Morgan fingerprint density at radius 2 is 1.18 bits per heavy atom. The summed E-state index contributed by atoms with van der Waals surface area (Å²) < 4.78 is 6.21. The van der Waals surface area contributed by atoms with Crippen molar-refractivity contribution >= 4 is 69.2 Å². The fourth-order valence-corrected chi connectivity index (χ4v) is 7.56. The van der Waals surface area contributed by atoms with Crippen LogP contribution in [0.3, 0.4) is 0 Å². The molecule has 0 bridgehead atoms. The first kappa shape index (κ1) is 22.8. The summed E-state index contributed by atoms with van der Waals surface area (Å²) in [5, 5.41) is 5.18. The van der Waals surface area contributed by atoms with Crippen LogP contribution in [-0.2, 0) is 0 Å². The van der Waals surface area contributed by atoms with Crippen LogP contribution in [0.15, 0.2) is 138 Å². The van der Waals surface area contributed by atoms with Gasteiger partial charge < -0.3 is 4.57 Å². The van der Waals surface area contributed by atoms with E-state index in [1.54, 1.807) is 0 Å². The number of nitrogens with zero attached hydrogens (tertiary/aromatic N) is 1. The molecule has 0 saturated heterocycles. The van der Waals surface area contributed by atoms with Gasteiger partial charge in [0.2, 0.25) is 0 Å². The highest BCUT2D eigenvalue weighted by Gasteiger charge is 2.17. The van der Waals surface area contributed by atoms with Crippen LogP contribution in [0.25, 0.3) is 69.9 Å². The second-order valence-electron chi connectivity index (χ2n) is 9.89. The highest BCUT2D eigenvalue weighted by atomic mass is 79.9. The number of thiophene rings is 1. The minimum absolute atomic E-state index is 1.11. The number of halogens is 1. The van der Waals surface area contributed by atoms with E-state index in [0.29, 0.717) is 0 Å². The smallest absolute Gasteiger partial charge is 0.0555 e. The van der Waals surface area contributed by atoms with Gasteiger partial charge in [-0.15, -0.1) is 11.3 Å². The normalized spacial score (nSPS) is 11.7. The Morgan fingerprint density at radius 3 is 2.10 bits per heavy atom. The lowest BCUT2D eigenvalue weighted by Gasteiger charge is -2.11. The maximum absolute atomic E-state index is 3.73. The van der Waals surface area contributed by atoms with E-state index in [4.69, 9.17) is 0 Å². The zero-order valence-corrected chi connectivity index (χ0v) is 23.3. The van der Waals surface area contributed by atoms with Gasteiger partial charge >= 0.3 is 0 Å². The fraction of sp³-hybridized carbons (Fsp3) is 0. The van der Waals surface area contributed by atoms with Gasteiger partial charge in [0.1, 0.15) is 0 Å². The minimum Gasteiger partial charge on any atom is -0.309 e. The Kier molecular flexibility index (Phi) is 5.22. The van der Waals surface area contributed by atoms with Crippen molar-refractivity contribution in [1.82, 2.24) is 4.57 Å². The zero-order valence-electron chi connectivity index (χ0n) is 20.9. The molecule has 39 heavy (non-hydrogen) atoms. The molecule has 8 aromatic rings.